The molecule has 0 fully saturated rings. The Morgan fingerprint density at radius 1 is 1.09 bits per heavy atom. The van der Waals surface area contributed by atoms with E-state index in [0.29, 0.717) is 16.8 Å². The Kier molecular flexibility index (Phi) is 4.11. The van der Waals surface area contributed by atoms with Crippen molar-refractivity contribution in [1.82, 2.24) is 20.4 Å². The van der Waals surface area contributed by atoms with E-state index in [9.17, 15) is 9.59 Å². The SMILES string of the molecule is Cl.O=C1c2ccccc2C(=O)N1Cc1cc2c(nn1)CCNC2. The third-order valence-electron chi connectivity index (χ3n) is 4.06. The molecule has 3 heterocycles. The lowest BCUT2D eigenvalue weighted by molar-refractivity contribution is 0.0640. The molecule has 0 saturated heterocycles. The van der Waals surface area contributed by atoms with Crippen molar-refractivity contribution in [2.45, 2.75) is 19.5 Å². The Balaban J connectivity index is 0.00000156. The third-order valence-corrected chi connectivity index (χ3v) is 4.06. The monoisotopic (exact) mass is 330 g/mol. The third kappa shape index (κ3) is 2.60. The van der Waals surface area contributed by atoms with Crippen LogP contribution in [0, 0.1) is 0 Å². The lowest BCUT2D eigenvalue weighted by Crippen LogP contribution is -2.30. The molecule has 4 rings (SSSR count). The van der Waals surface area contributed by atoms with Crippen molar-refractivity contribution in [3.8, 4) is 0 Å². The predicted octanol–water partition coefficient (Wildman–Crippen LogP) is 1.34. The number of hydrogen-bond acceptors (Lipinski definition) is 5. The maximum Gasteiger partial charge on any atom is 0.261 e. The van der Waals surface area contributed by atoms with E-state index in [4.69, 9.17) is 0 Å². The molecule has 0 aliphatic carbocycles. The van der Waals surface area contributed by atoms with Gasteiger partial charge >= 0.3 is 0 Å². The minimum absolute atomic E-state index is 0. The Morgan fingerprint density at radius 2 is 1.78 bits per heavy atom. The number of carbonyl (C=O) groups excluding carboxylic acids is 2. The van der Waals surface area contributed by atoms with Crippen LogP contribution in [-0.2, 0) is 19.5 Å². The summed E-state index contributed by atoms with van der Waals surface area (Å²) in [4.78, 5) is 25.9. The second-order valence-corrected chi connectivity index (χ2v) is 5.48. The van der Waals surface area contributed by atoms with Crippen LogP contribution in [0.4, 0.5) is 0 Å². The number of carbonyl (C=O) groups is 2. The first-order chi connectivity index (χ1) is 10.7. The van der Waals surface area contributed by atoms with Crippen LogP contribution in [0.15, 0.2) is 30.3 Å². The maximum absolute atomic E-state index is 12.3. The molecule has 1 aromatic heterocycles. The highest BCUT2D eigenvalue weighted by Gasteiger charge is 2.35. The van der Waals surface area contributed by atoms with Gasteiger partial charge in [-0.2, -0.15) is 10.2 Å². The van der Waals surface area contributed by atoms with Gasteiger partial charge in [-0.3, -0.25) is 14.5 Å². The van der Waals surface area contributed by atoms with Gasteiger partial charge in [0.05, 0.1) is 29.1 Å². The van der Waals surface area contributed by atoms with Gasteiger partial charge in [-0.25, -0.2) is 0 Å². The molecule has 0 bridgehead atoms. The standard InChI is InChI=1S/C16H14N4O2.ClH/c21-15-12-3-1-2-4-13(12)16(22)20(15)9-11-7-10-8-17-6-5-14(10)19-18-11;/h1-4,7,17H,5-6,8-9H2;1H. The number of nitrogens with one attached hydrogen (secondary N) is 1. The summed E-state index contributed by atoms with van der Waals surface area (Å²) in [5.41, 5.74) is 3.63. The number of hydrogen-bond donors (Lipinski definition) is 1. The fourth-order valence-electron chi connectivity index (χ4n) is 2.92. The fraction of sp³-hybridized carbons (Fsp3) is 0.250. The smallest absolute Gasteiger partial charge is 0.261 e. The van der Waals surface area contributed by atoms with Gasteiger partial charge in [0.15, 0.2) is 0 Å². The Bertz CT molecular complexity index is 758. The van der Waals surface area contributed by atoms with Gasteiger partial charge in [0, 0.05) is 19.5 Å². The van der Waals surface area contributed by atoms with Crippen LogP contribution in [0.5, 0.6) is 0 Å². The van der Waals surface area contributed by atoms with E-state index < -0.39 is 0 Å². The Labute approximate surface area is 139 Å². The van der Waals surface area contributed by atoms with E-state index in [1.165, 1.54) is 4.90 Å². The number of aromatic nitrogens is 2. The molecule has 7 heteroatoms. The van der Waals surface area contributed by atoms with Gasteiger partial charge in [0.2, 0.25) is 0 Å². The van der Waals surface area contributed by atoms with E-state index in [1.54, 1.807) is 24.3 Å². The average Bonchev–Trinajstić information content (AvgIpc) is 2.80. The van der Waals surface area contributed by atoms with Crippen LogP contribution in [0.1, 0.15) is 37.7 Å². The second kappa shape index (κ2) is 6.06. The number of amides is 2. The lowest BCUT2D eigenvalue weighted by atomic mass is 10.1. The van der Waals surface area contributed by atoms with Crippen molar-refractivity contribution < 1.29 is 9.59 Å². The molecule has 0 saturated carbocycles. The zero-order valence-corrected chi connectivity index (χ0v) is 13.1. The summed E-state index contributed by atoms with van der Waals surface area (Å²) < 4.78 is 0. The molecule has 1 aromatic carbocycles. The van der Waals surface area contributed by atoms with Crippen LogP contribution in [-0.4, -0.2) is 33.5 Å². The fourth-order valence-corrected chi connectivity index (χ4v) is 2.92. The quantitative estimate of drug-likeness (QED) is 0.841. The van der Waals surface area contributed by atoms with Crippen LogP contribution in [0.25, 0.3) is 0 Å². The number of benzene rings is 1. The molecule has 2 amide bonds. The number of halogens is 1. The molecule has 0 atom stereocenters. The summed E-state index contributed by atoms with van der Waals surface area (Å²) in [6, 6.07) is 8.81. The largest absolute Gasteiger partial charge is 0.312 e. The molecule has 6 nitrogen and oxygen atoms in total. The molecule has 23 heavy (non-hydrogen) atoms. The zero-order valence-electron chi connectivity index (χ0n) is 12.3. The first-order valence-corrected chi connectivity index (χ1v) is 7.24. The van der Waals surface area contributed by atoms with E-state index in [0.717, 1.165) is 30.8 Å². The van der Waals surface area contributed by atoms with E-state index in [-0.39, 0.29) is 30.8 Å². The van der Waals surface area contributed by atoms with Gasteiger partial charge in [0.1, 0.15) is 0 Å². The first kappa shape index (κ1) is 15.6. The molecule has 118 valence electrons. The summed E-state index contributed by atoms with van der Waals surface area (Å²) in [5, 5.41) is 11.7. The zero-order chi connectivity index (χ0) is 15.1. The Morgan fingerprint density at radius 3 is 2.48 bits per heavy atom. The minimum atomic E-state index is -0.266. The molecule has 0 spiro atoms. The highest BCUT2D eigenvalue weighted by molar-refractivity contribution is 6.21. The van der Waals surface area contributed by atoms with Gasteiger partial charge in [-0.1, -0.05) is 12.1 Å². The van der Waals surface area contributed by atoms with Crippen molar-refractivity contribution in [3.05, 3.63) is 58.4 Å². The number of nitrogens with zero attached hydrogens (tertiary/aromatic N) is 3. The van der Waals surface area contributed by atoms with Crippen molar-refractivity contribution >= 4 is 24.2 Å². The normalized spacial score (nSPS) is 15.9. The second-order valence-electron chi connectivity index (χ2n) is 5.48. The minimum Gasteiger partial charge on any atom is -0.312 e. The topological polar surface area (TPSA) is 75.2 Å². The van der Waals surface area contributed by atoms with Gasteiger partial charge in [0.25, 0.3) is 11.8 Å². The summed E-state index contributed by atoms with van der Waals surface area (Å²) in [5.74, 6) is -0.531. The summed E-state index contributed by atoms with van der Waals surface area (Å²) in [6.45, 7) is 1.81. The maximum atomic E-state index is 12.3. The highest BCUT2D eigenvalue weighted by atomic mass is 35.5. The van der Waals surface area contributed by atoms with Gasteiger partial charge in [-0.15, -0.1) is 12.4 Å². The van der Waals surface area contributed by atoms with Crippen LogP contribution < -0.4 is 5.32 Å². The molecular weight excluding hydrogens is 316 g/mol. The molecule has 0 unspecified atom stereocenters. The van der Waals surface area contributed by atoms with Crippen molar-refractivity contribution in [3.63, 3.8) is 0 Å². The van der Waals surface area contributed by atoms with Crippen molar-refractivity contribution in [2.75, 3.05) is 6.54 Å². The van der Waals surface area contributed by atoms with E-state index in [1.807, 2.05) is 6.07 Å². The first-order valence-electron chi connectivity index (χ1n) is 7.24. The van der Waals surface area contributed by atoms with Crippen molar-refractivity contribution in [1.29, 1.82) is 0 Å². The van der Waals surface area contributed by atoms with E-state index in [2.05, 4.69) is 15.5 Å². The molecular formula is C16H15ClN4O2. The van der Waals surface area contributed by atoms with Crippen LogP contribution in [0.2, 0.25) is 0 Å². The molecule has 2 aromatic rings. The highest BCUT2D eigenvalue weighted by Crippen LogP contribution is 2.24. The van der Waals surface area contributed by atoms with Gasteiger partial charge < -0.3 is 5.32 Å². The summed E-state index contributed by atoms with van der Waals surface area (Å²) in [7, 11) is 0. The average molecular weight is 331 g/mol. The molecule has 0 radical (unpaired) electrons. The molecule has 2 aliphatic heterocycles. The van der Waals surface area contributed by atoms with Crippen LogP contribution in [0.3, 0.4) is 0 Å². The summed E-state index contributed by atoms with van der Waals surface area (Å²) >= 11 is 0. The predicted molar refractivity (Wildman–Crippen MR) is 85.3 cm³/mol. The molecule has 1 N–H and O–H groups in total. The lowest BCUT2D eigenvalue weighted by Gasteiger charge is -2.17. The van der Waals surface area contributed by atoms with Crippen LogP contribution >= 0.6 is 12.4 Å². The number of rotatable bonds is 2. The van der Waals surface area contributed by atoms with Crippen molar-refractivity contribution in [2.24, 2.45) is 0 Å². The number of fused-ring (bicyclic) bond motifs is 2. The summed E-state index contributed by atoms with van der Waals surface area (Å²) in [6.07, 6.45) is 0.857. The molecule has 2 aliphatic rings. The van der Waals surface area contributed by atoms with E-state index >= 15 is 0 Å². The number of imide groups is 1. The van der Waals surface area contributed by atoms with Gasteiger partial charge in [-0.05, 0) is 23.8 Å². The Hall–Kier alpha value is -2.31.